The van der Waals surface area contributed by atoms with E-state index in [1.807, 2.05) is 24.3 Å². The van der Waals surface area contributed by atoms with Crippen LogP contribution >= 0.6 is 0 Å². The first-order valence-corrected chi connectivity index (χ1v) is 14.1. The number of hydrogen-bond donors (Lipinski definition) is 0. The SMILES string of the molecule is CCOC(=O)c1ccc(-c2ccc(OS(C)(=O)=O)c(-c3ccc4c(c3)C(C)(C)CCC4(C)C)c2)cc1. The van der Waals surface area contributed by atoms with Crippen molar-refractivity contribution in [2.24, 2.45) is 0 Å². The highest BCUT2D eigenvalue weighted by Gasteiger charge is 2.37. The van der Waals surface area contributed by atoms with Crippen LogP contribution in [-0.2, 0) is 25.7 Å². The third kappa shape index (κ3) is 5.34. The predicted molar refractivity (Wildman–Crippen MR) is 144 cm³/mol. The lowest BCUT2D eigenvalue weighted by Gasteiger charge is -2.42. The molecule has 0 fully saturated rings. The van der Waals surface area contributed by atoms with Crippen LogP contribution in [-0.4, -0.2) is 27.2 Å². The van der Waals surface area contributed by atoms with Crippen molar-refractivity contribution in [3.63, 3.8) is 0 Å². The molecule has 0 aromatic heterocycles. The zero-order valence-electron chi connectivity index (χ0n) is 21.8. The summed E-state index contributed by atoms with van der Waals surface area (Å²) in [6.07, 6.45) is 3.25. The summed E-state index contributed by atoms with van der Waals surface area (Å²) < 4.78 is 34.6. The summed E-state index contributed by atoms with van der Waals surface area (Å²) in [5, 5.41) is 0. The molecule has 5 nitrogen and oxygen atoms in total. The number of carbonyl (C=O) groups excluding carboxylic acids is 1. The van der Waals surface area contributed by atoms with Crippen molar-refractivity contribution in [2.75, 3.05) is 12.9 Å². The number of hydrogen-bond acceptors (Lipinski definition) is 5. The summed E-state index contributed by atoms with van der Waals surface area (Å²) in [7, 11) is -3.72. The van der Waals surface area contributed by atoms with Gasteiger partial charge in [-0.1, -0.05) is 64.1 Å². The zero-order chi connectivity index (χ0) is 26.3. The van der Waals surface area contributed by atoms with Crippen LogP contribution < -0.4 is 4.18 Å². The summed E-state index contributed by atoms with van der Waals surface area (Å²) in [5.74, 6) is -0.0709. The van der Waals surface area contributed by atoms with Crippen LogP contribution in [0.25, 0.3) is 22.3 Å². The molecule has 0 saturated carbocycles. The molecule has 0 unspecified atom stereocenters. The Bertz CT molecular complexity index is 1400. The third-order valence-corrected chi connectivity index (χ3v) is 7.60. The van der Waals surface area contributed by atoms with Gasteiger partial charge in [-0.05, 0) is 82.7 Å². The van der Waals surface area contributed by atoms with Crippen LogP contribution in [0.1, 0.15) is 68.9 Å². The number of fused-ring (bicyclic) bond motifs is 1. The highest BCUT2D eigenvalue weighted by molar-refractivity contribution is 7.86. The molecule has 0 amide bonds. The summed E-state index contributed by atoms with van der Waals surface area (Å²) in [6.45, 7) is 11.2. The standard InChI is InChI=1S/C30H34O5S/c1-7-34-28(31)21-10-8-20(9-11-21)22-13-15-27(35-36(6,32)33)24(18-22)23-12-14-25-26(19-23)30(4,5)17-16-29(25,2)3/h8-15,18-19H,7,16-17H2,1-6H3. The molecule has 3 aromatic rings. The minimum absolute atomic E-state index is 0.0132. The van der Waals surface area contributed by atoms with Gasteiger partial charge < -0.3 is 8.92 Å². The minimum atomic E-state index is -3.72. The van der Waals surface area contributed by atoms with E-state index in [1.165, 1.54) is 11.1 Å². The van der Waals surface area contributed by atoms with Gasteiger partial charge >= 0.3 is 16.1 Å². The topological polar surface area (TPSA) is 69.7 Å². The van der Waals surface area contributed by atoms with Crippen LogP contribution in [0.2, 0.25) is 0 Å². The molecule has 0 heterocycles. The fraction of sp³-hybridized carbons (Fsp3) is 0.367. The first-order chi connectivity index (χ1) is 16.8. The van der Waals surface area contributed by atoms with Crippen molar-refractivity contribution in [1.82, 2.24) is 0 Å². The molecule has 0 aliphatic heterocycles. The molecule has 0 atom stereocenters. The highest BCUT2D eigenvalue weighted by Crippen LogP contribution is 2.47. The lowest BCUT2D eigenvalue weighted by Crippen LogP contribution is -2.33. The first-order valence-electron chi connectivity index (χ1n) is 12.3. The maximum absolute atomic E-state index is 12.0. The van der Waals surface area contributed by atoms with Crippen LogP contribution in [0.5, 0.6) is 5.75 Å². The van der Waals surface area contributed by atoms with Gasteiger partial charge in [-0.15, -0.1) is 0 Å². The molecule has 36 heavy (non-hydrogen) atoms. The average molecular weight is 507 g/mol. The lowest BCUT2D eigenvalue weighted by molar-refractivity contribution is 0.0526. The fourth-order valence-electron chi connectivity index (χ4n) is 4.94. The van der Waals surface area contributed by atoms with Crippen LogP contribution in [0.4, 0.5) is 0 Å². The van der Waals surface area contributed by atoms with E-state index in [9.17, 15) is 13.2 Å². The molecule has 1 aliphatic carbocycles. The Balaban J connectivity index is 1.83. The number of rotatable bonds is 6. The molecule has 0 bridgehead atoms. The molecule has 6 heteroatoms. The molecule has 1 aliphatic rings. The van der Waals surface area contributed by atoms with E-state index in [4.69, 9.17) is 8.92 Å². The Morgan fingerprint density at radius 3 is 2.00 bits per heavy atom. The summed E-state index contributed by atoms with van der Waals surface area (Å²) in [6, 6.07) is 19.1. The molecular weight excluding hydrogens is 472 g/mol. The molecule has 0 spiro atoms. The highest BCUT2D eigenvalue weighted by atomic mass is 32.2. The zero-order valence-corrected chi connectivity index (χ0v) is 22.7. The fourth-order valence-corrected chi connectivity index (χ4v) is 5.41. The second-order valence-electron chi connectivity index (χ2n) is 10.8. The van der Waals surface area contributed by atoms with Crippen molar-refractivity contribution < 1.29 is 22.1 Å². The summed E-state index contributed by atoms with van der Waals surface area (Å²) >= 11 is 0. The van der Waals surface area contributed by atoms with Gasteiger partial charge in [0.1, 0.15) is 5.75 Å². The second kappa shape index (κ2) is 9.40. The van der Waals surface area contributed by atoms with E-state index < -0.39 is 10.1 Å². The Morgan fingerprint density at radius 2 is 1.39 bits per heavy atom. The van der Waals surface area contributed by atoms with Crippen molar-refractivity contribution >= 4 is 16.1 Å². The van der Waals surface area contributed by atoms with Gasteiger partial charge in [-0.25, -0.2) is 4.79 Å². The van der Waals surface area contributed by atoms with E-state index >= 15 is 0 Å². The summed E-state index contributed by atoms with van der Waals surface area (Å²) in [5.41, 5.74) is 6.59. The normalized spacial score (nSPS) is 16.2. The van der Waals surface area contributed by atoms with E-state index in [1.54, 1.807) is 25.1 Å². The van der Waals surface area contributed by atoms with Gasteiger partial charge in [0.15, 0.2) is 0 Å². The van der Waals surface area contributed by atoms with Gasteiger partial charge in [-0.2, -0.15) is 8.42 Å². The van der Waals surface area contributed by atoms with Crippen LogP contribution in [0.3, 0.4) is 0 Å². The Morgan fingerprint density at radius 1 is 0.806 bits per heavy atom. The maximum atomic E-state index is 12.0. The van der Waals surface area contributed by atoms with E-state index in [0.29, 0.717) is 17.7 Å². The van der Waals surface area contributed by atoms with Gasteiger partial charge in [0.05, 0.1) is 18.4 Å². The van der Waals surface area contributed by atoms with Crippen molar-refractivity contribution in [3.8, 4) is 28.0 Å². The van der Waals surface area contributed by atoms with Gasteiger partial charge in [0.2, 0.25) is 0 Å². The second-order valence-corrected chi connectivity index (χ2v) is 12.4. The van der Waals surface area contributed by atoms with E-state index in [0.717, 1.165) is 35.8 Å². The molecule has 190 valence electrons. The van der Waals surface area contributed by atoms with E-state index in [2.05, 4.69) is 45.9 Å². The first kappa shape index (κ1) is 26.0. The number of carbonyl (C=O) groups is 1. The molecule has 0 saturated heterocycles. The molecule has 0 N–H and O–H groups in total. The number of ether oxygens (including phenoxy) is 1. The largest absolute Gasteiger partial charge is 0.462 e. The average Bonchev–Trinajstić information content (AvgIpc) is 2.81. The van der Waals surface area contributed by atoms with Crippen molar-refractivity contribution in [2.45, 2.75) is 58.3 Å². The predicted octanol–water partition coefficient (Wildman–Crippen LogP) is 6.88. The molecule has 4 rings (SSSR count). The number of benzene rings is 3. The van der Waals surface area contributed by atoms with Crippen LogP contribution in [0, 0.1) is 0 Å². The Kier molecular flexibility index (Phi) is 6.78. The van der Waals surface area contributed by atoms with Gasteiger partial charge in [-0.3, -0.25) is 0 Å². The van der Waals surface area contributed by atoms with Crippen LogP contribution in [0.15, 0.2) is 60.7 Å². The van der Waals surface area contributed by atoms with Crippen molar-refractivity contribution in [1.29, 1.82) is 0 Å². The Labute approximate surface area is 214 Å². The Hall–Kier alpha value is -3.12. The minimum Gasteiger partial charge on any atom is -0.462 e. The van der Waals surface area contributed by atoms with Gasteiger partial charge in [0, 0.05) is 5.56 Å². The lowest BCUT2D eigenvalue weighted by atomic mass is 9.63. The smallest absolute Gasteiger partial charge is 0.338 e. The molecule has 0 radical (unpaired) electrons. The maximum Gasteiger partial charge on any atom is 0.338 e. The van der Waals surface area contributed by atoms with Gasteiger partial charge in [0.25, 0.3) is 0 Å². The quantitative estimate of drug-likeness (QED) is 0.269. The third-order valence-electron chi connectivity index (χ3n) is 7.11. The monoisotopic (exact) mass is 506 g/mol. The number of esters is 1. The summed E-state index contributed by atoms with van der Waals surface area (Å²) in [4.78, 5) is 12.0. The molecular formula is C30H34O5S. The molecule has 3 aromatic carbocycles. The van der Waals surface area contributed by atoms with Crippen molar-refractivity contribution in [3.05, 3.63) is 77.4 Å². The van der Waals surface area contributed by atoms with E-state index in [-0.39, 0.29) is 22.5 Å².